The molecule has 0 fully saturated rings. The van der Waals surface area contributed by atoms with Crippen LogP contribution in [0.25, 0.3) is 0 Å². The van der Waals surface area contributed by atoms with Gasteiger partial charge in [-0.15, -0.1) is 0 Å². The first-order valence-electron chi connectivity index (χ1n) is 8.86. The third-order valence-electron chi connectivity index (χ3n) is 3.96. The van der Waals surface area contributed by atoms with Crippen molar-refractivity contribution in [2.24, 2.45) is 0 Å². The van der Waals surface area contributed by atoms with Crippen molar-refractivity contribution in [1.82, 2.24) is 5.32 Å². The van der Waals surface area contributed by atoms with E-state index in [-0.39, 0.29) is 24.2 Å². The number of ketones is 1. The van der Waals surface area contributed by atoms with Gasteiger partial charge in [0.1, 0.15) is 11.9 Å². The summed E-state index contributed by atoms with van der Waals surface area (Å²) in [6, 6.07) is 16.0. The van der Waals surface area contributed by atoms with Crippen LogP contribution in [0.2, 0.25) is 0 Å². The monoisotopic (exact) mass is 357 g/mol. The molecule has 2 aromatic rings. The number of rotatable bonds is 10. The van der Waals surface area contributed by atoms with Crippen molar-refractivity contribution < 1.29 is 19.7 Å². The summed E-state index contributed by atoms with van der Waals surface area (Å²) in [5.74, 6) is 0.0541. The Hall–Kier alpha value is -2.21. The van der Waals surface area contributed by atoms with E-state index in [1.54, 1.807) is 36.4 Å². The molecule has 0 aliphatic carbocycles. The van der Waals surface area contributed by atoms with Gasteiger partial charge in [-0.25, -0.2) is 0 Å². The van der Waals surface area contributed by atoms with Crippen LogP contribution in [0.4, 0.5) is 0 Å². The minimum absolute atomic E-state index is 0.0705. The zero-order valence-electron chi connectivity index (χ0n) is 15.3. The summed E-state index contributed by atoms with van der Waals surface area (Å²) in [5.41, 5.74) is 1.46. The molecule has 0 amide bonds. The van der Waals surface area contributed by atoms with E-state index in [0.29, 0.717) is 18.5 Å². The molecule has 0 saturated heterocycles. The number of carbonyl (C=O) groups excluding carboxylic acids is 1. The molecule has 0 spiro atoms. The average Bonchev–Trinajstić information content (AvgIpc) is 2.65. The van der Waals surface area contributed by atoms with Crippen molar-refractivity contribution >= 4 is 5.78 Å². The third kappa shape index (κ3) is 6.59. The third-order valence-corrected chi connectivity index (χ3v) is 3.96. The number of aliphatic hydroxyl groups excluding tert-OH is 1. The summed E-state index contributed by atoms with van der Waals surface area (Å²) in [5, 5.41) is 22.6. The fraction of sp³-hybridized carbons (Fsp3) is 0.381. The van der Waals surface area contributed by atoms with Gasteiger partial charge in [0.2, 0.25) is 0 Å². The maximum Gasteiger partial charge on any atom is 0.191 e. The first kappa shape index (κ1) is 20.1. The van der Waals surface area contributed by atoms with Gasteiger partial charge in [0.25, 0.3) is 0 Å². The molecular weight excluding hydrogens is 330 g/mol. The molecule has 0 heterocycles. The van der Waals surface area contributed by atoms with Crippen LogP contribution >= 0.6 is 0 Å². The topological polar surface area (TPSA) is 78.8 Å². The lowest BCUT2D eigenvalue weighted by atomic mass is 9.99. The highest BCUT2D eigenvalue weighted by Crippen LogP contribution is 2.16. The van der Waals surface area contributed by atoms with Gasteiger partial charge in [-0.3, -0.25) is 4.79 Å². The number of ether oxygens (including phenoxy) is 1. The van der Waals surface area contributed by atoms with E-state index in [2.05, 4.69) is 5.32 Å². The lowest BCUT2D eigenvalue weighted by Gasteiger charge is -2.20. The number of hydrogen-bond donors (Lipinski definition) is 3. The lowest BCUT2D eigenvalue weighted by molar-refractivity contribution is -0.00216. The van der Waals surface area contributed by atoms with Crippen LogP contribution in [-0.2, 0) is 11.2 Å². The normalized spacial score (nSPS) is 13.5. The number of aromatic hydroxyl groups is 1. The smallest absolute Gasteiger partial charge is 0.191 e. The van der Waals surface area contributed by atoms with Crippen molar-refractivity contribution in [2.45, 2.75) is 38.5 Å². The van der Waals surface area contributed by atoms with Gasteiger partial charge in [-0.2, -0.15) is 0 Å². The van der Waals surface area contributed by atoms with Gasteiger partial charge in [-0.05, 0) is 17.7 Å². The van der Waals surface area contributed by atoms with E-state index in [1.807, 2.05) is 32.0 Å². The predicted octanol–water partition coefficient (Wildman–Crippen LogP) is 2.56. The van der Waals surface area contributed by atoms with E-state index in [1.165, 1.54) is 0 Å². The first-order valence-corrected chi connectivity index (χ1v) is 8.86. The van der Waals surface area contributed by atoms with Crippen LogP contribution in [-0.4, -0.2) is 47.4 Å². The minimum atomic E-state index is -0.698. The van der Waals surface area contributed by atoms with Gasteiger partial charge < -0.3 is 20.3 Å². The molecule has 0 saturated carbocycles. The Morgan fingerprint density at radius 1 is 1.08 bits per heavy atom. The van der Waals surface area contributed by atoms with Gasteiger partial charge in [0.15, 0.2) is 5.78 Å². The van der Waals surface area contributed by atoms with Crippen LogP contribution in [0, 0.1) is 0 Å². The molecule has 0 radical (unpaired) electrons. The molecule has 26 heavy (non-hydrogen) atoms. The number of hydrogen-bond acceptors (Lipinski definition) is 5. The zero-order valence-corrected chi connectivity index (χ0v) is 15.3. The molecule has 0 aliphatic heterocycles. The Morgan fingerprint density at radius 3 is 2.35 bits per heavy atom. The summed E-state index contributed by atoms with van der Waals surface area (Å²) in [6.45, 7) is 4.48. The predicted molar refractivity (Wildman–Crippen MR) is 101 cm³/mol. The van der Waals surface area contributed by atoms with Crippen molar-refractivity contribution in [3.63, 3.8) is 0 Å². The molecule has 2 atom stereocenters. The second kappa shape index (κ2) is 10.1. The van der Waals surface area contributed by atoms with Crippen LogP contribution < -0.4 is 5.32 Å². The highest BCUT2D eigenvalue weighted by Gasteiger charge is 2.22. The maximum absolute atomic E-state index is 12.8. The van der Waals surface area contributed by atoms with E-state index >= 15 is 0 Å². The van der Waals surface area contributed by atoms with E-state index in [9.17, 15) is 15.0 Å². The van der Waals surface area contributed by atoms with Gasteiger partial charge in [0.05, 0.1) is 12.7 Å². The summed E-state index contributed by atoms with van der Waals surface area (Å²) in [4.78, 5) is 12.8. The summed E-state index contributed by atoms with van der Waals surface area (Å²) in [6.07, 6.45) is -1.02. The molecule has 0 bridgehead atoms. The quantitative estimate of drug-likeness (QED) is 0.570. The Bertz CT molecular complexity index is 670. The number of aliphatic hydroxyl groups is 1. The van der Waals surface area contributed by atoms with Crippen molar-refractivity contribution in [2.75, 3.05) is 13.2 Å². The number of benzene rings is 2. The maximum atomic E-state index is 12.8. The van der Waals surface area contributed by atoms with Gasteiger partial charge in [0, 0.05) is 24.6 Å². The number of phenolic OH excluding ortho intramolecular Hbond substituents is 1. The van der Waals surface area contributed by atoms with Crippen LogP contribution in [0.5, 0.6) is 5.75 Å². The molecule has 0 aliphatic rings. The molecule has 5 nitrogen and oxygen atoms in total. The summed E-state index contributed by atoms with van der Waals surface area (Å²) < 4.78 is 5.78. The summed E-state index contributed by atoms with van der Waals surface area (Å²) in [7, 11) is 0. The average molecular weight is 357 g/mol. The first-order chi connectivity index (χ1) is 12.5. The second-order valence-corrected chi connectivity index (χ2v) is 6.64. The summed E-state index contributed by atoms with van der Waals surface area (Å²) >= 11 is 0. The molecule has 5 heteroatoms. The Labute approximate surface area is 154 Å². The standard InChI is InChI=1S/C21H27NO4/c1-15(2)22-13-19(24)14-26-20(12-16-8-10-18(23)11-9-16)21(25)17-6-4-3-5-7-17/h3-11,15,19-20,22-24H,12-14H2,1-2H3. The molecule has 2 rings (SSSR count). The number of Topliss-reactive ketones (excluding diaryl/α,β-unsaturated/α-hetero) is 1. The molecule has 2 aromatic carbocycles. The fourth-order valence-corrected chi connectivity index (χ4v) is 2.52. The lowest BCUT2D eigenvalue weighted by Crippen LogP contribution is -2.37. The van der Waals surface area contributed by atoms with Crippen molar-refractivity contribution in [1.29, 1.82) is 0 Å². The van der Waals surface area contributed by atoms with Crippen molar-refractivity contribution in [3.05, 3.63) is 65.7 Å². The number of carbonyl (C=O) groups is 1. The highest BCUT2D eigenvalue weighted by molar-refractivity contribution is 5.99. The number of nitrogens with one attached hydrogen (secondary N) is 1. The molecular formula is C21H27NO4. The van der Waals surface area contributed by atoms with Crippen LogP contribution in [0.15, 0.2) is 54.6 Å². The van der Waals surface area contributed by atoms with E-state index in [0.717, 1.165) is 5.56 Å². The minimum Gasteiger partial charge on any atom is -0.508 e. The van der Waals surface area contributed by atoms with Crippen molar-refractivity contribution in [3.8, 4) is 5.75 Å². The Morgan fingerprint density at radius 2 is 1.73 bits per heavy atom. The highest BCUT2D eigenvalue weighted by atomic mass is 16.5. The Balaban J connectivity index is 2.05. The van der Waals surface area contributed by atoms with E-state index in [4.69, 9.17) is 4.74 Å². The number of phenols is 1. The fourth-order valence-electron chi connectivity index (χ4n) is 2.52. The molecule has 2 unspecified atom stereocenters. The molecule has 140 valence electrons. The SMILES string of the molecule is CC(C)NCC(O)COC(Cc1ccc(O)cc1)C(=O)c1ccccc1. The molecule has 3 N–H and O–H groups in total. The van der Waals surface area contributed by atoms with Gasteiger partial charge >= 0.3 is 0 Å². The zero-order chi connectivity index (χ0) is 18.9. The Kier molecular flexibility index (Phi) is 7.78. The van der Waals surface area contributed by atoms with Crippen LogP contribution in [0.3, 0.4) is 0 Å². The van der Waals surface area contributed by atoms with Gasteiger partial charge in [-0.1, -0.05) is 56.3 Å². The largest absolute Gasteiger partial charge is 0.508 e. The molecule has 0 aromatic heterocycles. The second-order valence-electron chi connectivity index (χ2n) is 6.64. The van der Waals surface area contributed by atoms with Crippen LogP contribution in [0.1, 0.15) is 29.8 Å². The van der Waals surface area contributed by atoms with E-state index < -0.39 is 12.2 Å².